The van der Waals surface area contributed by atoms with Gasteiger partial charge in [-0.1, -0.05) is 30.3 Å². The molecule has 84 valence electrons. The van der Waals surface area contributed by atoms with Gasteiger partial charge in [0.05, 0.1) is 0 Å². The van der Waals surface area contributed by atoms with Crippen molar-refractivity contribution in [1.82, 2.24) is 0 Å². The van der Waals surface area contributed by atoms with Crippen LogP contribution in [0.5, 0.6) is 0 Å². The molecule has 0 heterocycles. The van der Waals surface area contributed by atoms with Gasteiger partial charge in [0.1, 0.15) is 6.61 Å². The molecule has 0 aliphatic rings. The Hall–Kier alpha value is -1.90. The summed E-state index contributed by atoms with van der Waals surface area (Å²) in [4.78, 5) is 7.96. The summed E-state index contributed by atoms with van der Waals surface area (Å²) >= 11 is 0. The van der Waals surface area contributed by atoms with Crippen LogP contribution in [0.15, 0.2) is 52.3 Å². The third-order valence-corrected chi connectivity index (χ3v) is 1.85. The van der Waals surface area contributed by atoms with E-state index in [0.29, 0.717) is 12.5 Å². The first-order valence-corrected chi connectivity index (χ1v) is 5.14. The van der Waals surface area contributed by atoms with E-state index < -0.39 is 0 Å². The minimum atomic E-state index is 0.515. The highest BCUT2D eigenvalue weighted by atomic mass is 16.5. The SMILES string of the molecule is CC=N/C(=C\C=NC)OCc1ccccc1. The number of nitrogens with zero attached hydrogens (tertiary/aromatic N) is 2. The first-order chi connectivity index (χ1) is 7.86. The third-order valence-electron chi connectivity index (χ3n) is 1.85. The Labute approximate surface area is 96.2 Å². The van der Waals surface area contributed by atoms with Crippen molar-refractivity contribution in [3.63, 3.8) is 0 Å². The minimum Gasteiger partial charge on any atom is -0.473 e. The molecule has 0 radical (unpaired) electrons. The van der Waals surface area contributed by atoms with E-state index in [1.165, 1.54) is 0 Å². The molecule has 0 N–H and O–H groups in total. The minimum absolute atomic E-state index is 0.515. The number of hydrogen-bond acceptors (Lipinski definition) is 3. The number of hydrogen-bond donors (Lipinski definition) is 0. The fourth-order valence-electron chi connectivity index (χ4n) is 1.13. The molecule has 16 heavy (non-hydrogen) atoms. The molecular weight excluding hydrogens is 200 g/mol. The van der Waals surface area contributed by atoms with Crippen molar-refractivity contribution < 1.29 is 4.74 Å². The molecule has 0 aromatic heterocycles. The molecular formula is C13H16N2O. The summed E-state index contributed by atoms with van der Waals surface area (Å²) < 4.78 is 5.54. The number of aliphatic imine (C=N–C) groups is 2. The van der Waals surface area contributed by atoms with E-state index in [-0.39, 0.29) is 0 Å². The first-order valence-electron chi connectivity index (χ1n) is 5.14. The molecule has 0 aliphatic heterocycles. The summed E-state index contributed by atoms with van der Waals surface area (Å²) in [6.45, 7) is 2.37. The molecule has 1 rings (SSSR count). The summed E-state index contributed by atoms with van der Waals surface area (Å²) in [5.41, 5.74) is 1.12. The van der Waals surface area contributed by atoms with Crippen LogP contribution in [0.2, 0.25) is 0 Å². The van der Waals surface area contributed by atoms with E-state index in [2.05, 4.69) is 9.98 Å². The standard InChI is InChI=1S/C13H16N2O/c1-3-15-13(9-10-14-2)16-11-12-7-5-4-6-8-12/h3-10H,11H2,1-2H3/b13-9+,14-10?,15-3?. The van der Waals surface area contributed by atoms with E-state index in [9.17, 15) is 0 Å². The molecule has 0 unspecified atom stereocenters. The Morgan fingerprint density at radius 1 is 1.31 bits per heavy atom. The van der Waals surface area contributed by atoms with Crippen molar-refractivity contribution in [2.45, 2.75) is 13.5 Å². The Kier molecular flexibility index (Phi) is 5.63. The van der Waals surface area contributed by atoms with Gasteiger partial charge in [0.2, 0.25) is 5.88 Å². The van der Waals surface area contributed by atoms with Gasteiger partial charge in [-0.15, -0.1) is 0 Å². The molecule has 0 bridgehead atoms. The fraction of sp³-hybridized carbons (Fsp3) is 0.231. The normalized spacial score (nSPS) is 12.5. The Morgan fingerprint density at radius 3 is 2.69 bits per heavy atom. The van der Waals surface area contributed by atoms with E-state index in [1.807, 2.05) is 37.3 Å². The lowest BCUT2D eigenvalue weighted by Gasteiger charge is -2.05. The van der Waals surface area contributed by atoms with E-state index >= 15 is 0 Å². The molecule has 3 heteroatoms. The lowest BCUT2D eigenvalue weighted by molar-refractivity contribution is 0.198. The average Bonchev–Trinajstić information content (AvgIpc) is 2.34. The second-order valence-corrected chi connectivity index (χ2v) is 3.07. The Balaban J connectivity index is 2.57. The largest absolute Gasteiger partial charge is 0.473 e. The lowest BCUT2D eigenvalue weighted by atomic mass is 10.2. The summed E-state index contributed by atoms with van der Waals surface area (Å²) in [5, 5.41) is 0. The highest BCUT2D eigenvalue weighted by molar-refractivity contribution is 5.72. The van der Waals surface area contributed by atoms with Gasteiger partial charge in [-0.05, 0) is 12.5 Å². The van der Waals surface area contributed by atoms with Gasteiger partial charge < -0.3 is 4.74 Å². The van der Waals surface area contributed by atoms with Crippen molar-refractivity contribution >= 4 is 12.4 Å². The number of benzene rings is 1. The molecule has 3 nitrogen and oxygen atoms in total. The highest BCUT2D eigenvalue weighted by Gasteiger charge is 1.95. The Morgan fingerprint density at radius 2 is 2.06 bits per heavy atom. The summed E-state index contributed by atoms with van der Waals surface area (Å²) in [6.07, 6.45) is 5.09. The second kappa shape index (κ2) is 7.40. The zero-order valence-electron chi connectivity index (χ0n) is 9.63. The molecule has 0 atom stereocenters. The van der Waals surface area contributed by atoms with Crippen molar-refractivity contribution in [1.29, 1.82) is 0 Å². The van der Waals surface area contributed by atoms with Crippen LogP contribution in [0, 0.1) is 0 Å². The first kappa shape index (κ1) is 12.2. The predicted molar refractivity (Wildman–Crippen MR) is 67.9 cm³/mol. The van der Waals surface area contributed by atoms with Crippen molar-refractivity contribution in [3.8, 4) is 0 Å². The second-order valence-electron chi connectivity index (χ2n) is 3.07. The van der Waals surface area contributed by atoms with Crippen LogP contribution in [-0.2, 0) is 11.3 Å². The van der Waals surface area contributed by atoms with Crippen molar-refractivity contribution in [2.75, 3.05) is 7.05 Å². The fourth-order valence-corrected chi connectivity index (χ4v) is 1.13. The third kappa shape index (κ3) is 4.55. The number of ether oxygens (including phenoxy) is 1. The van der Waals surface area contributed by atoms with Gasteiger partial charge in [0.25, 0.3) is 0 Å². The van der Waals surface area contributed by atoms with Gasteiger partial charge in [-0.25, -0.2) is 4.99 Å². The maximum atomic E-state index is 5.54. The molecule has 0 saturated heterocycles. The van der Waals surface area contributed by atoms with E-state index in [1.54, 1.807) is 25.6 Å². The van der Waals surface area contributed by atoms with Gasteiger partial charge in [0.15, 0.2) is 0 Å². The number of allylic oxidation sites excluding steroid dienone is 1. The maximum Gasteiger partial charge on any atom is 0.214 e. The molecule has 0 fully saturated rings. The Bertz CT molecular complexity index is 380. The van der Waals surface area contributed by atoms with Gasteiger partial charge in [-0.2, -0.15) is 0 Å². The highest BCUT2D eigenvalue weighted by Crippen LogP contribution is 2.06. The molecule has 1 aromatic carbocycles. The maximum absolute atomic E-state index is 5.54. The van der Waals surface area contributed by atoms with Crippen LogP contribution in [0.25, 0.3) is 0 Å². The number of rotatable bonds is 5. The predicted octanol–water partition coefficient (Wildman–Crippen LogP) is 2.84. The molecule has 0 spiro atoms. The smallest absolute Gasteiger partial charge is 0.214 e. The van der Waals surface area contributed by atoms with Crippen LogP contribution in [0.3, 0.4) is 0 Å². The van der Waals surface area contributed by atoms with Gasteiger partial charge in [0, 0.05) is 25.6 Å². The van der Waals surface area contributed by atoms with Crippen LogP contribution in [0.4, 0.5) is 0 Å². The van der Waals surface area contributed by atoms with Crippen LogP contribution in [0.1, 0.15) is 12.5 Å². The zero-order chi connectivity index (χ0) is 11.6. The van der Waals surface area contributed by atoms with E-state index in [0.717, 1.165) is 5.56 Å². The quantitative estimate of drug-likeness (QED) is 0.550. The zero-order valence-corrected chi connectivity index (χ0v) is 9.63. The topological polar surface area (TPSA) is 34.0 Å². The molecule has 0 aliphatic carbocycles. The summed E-state index contributed by atoms with van der Waals surface area (Å²) in [6, 6.07) is 9.98. The van der Waals surface area contributed by atoms with Crippen LogP contribution in [-0.4, -0.2) is 19.5 Å². The van der Waals surface area contributed by atoms with Crippen molar-refractivity contribution in [2.24, 2.45) is 9.98 Å². The lowest BCUT2D eigenvalue weighted by Crippen LogP contribution is -1.92. The molecule has 1 aromatic rings. The van der Waals surface area contributed by atoms with Crippen LogP contribution >= 0.6 is 0 Å². The monoisotopic (exact) mass is 216 g/mol. The van der Waals surface area contributed by atoms with Gasteiger partial charge >= 0.3 is 0 Å². The molecule has 0 amide bonds. The summed E-state index contributed by atoms with van der Waals surface area (Å²) in [5.74, 6) is 0.567. The average molecular weight is 216 g/mol. The van der Waals surface area contributed by atoms with Crippen molar-refractivity contribution in [3.05, 3.63) is 47.9 Å². The van der Waals surface area contributed by atoms with Crippen LogP contribution < -0.4 is 0 Å². The van der Waals surface area contributed by atoms with E-state index in [4.69, 9.17) is 4.74 Å². The van der Waals surface area contributed by atoms with Gasteiger partial charge in [-0.3, -0.25) is 4.99 Å². The summed E-state index contributed by atoms with van der Waals surface area (Å²) in [7, 11) is 1.71. The molecule has 0 saturated carbocycles.